The number of hydrogen-bond acceptors (Lipinski definition) is 3. The summed E-state index contributed by atoms with van der Waals surface area (Å²) in [4.78, 5) is 0. The highest BCUT2D eigenvalue weighted by Crippen LogP contribution is 2.35. The van der Waals surface area contributed by atoms with Crippen molar-refractivity contribution in [1.82, 2.24) is 5.43 Å². The zero-order chi connectivity index (χ0) is 16.8. The van der Waals surface area contributed by atoms with Crippen molar-refractivity contribution < 1.29 is 4.74 Å². The smallest absolute Gasteiger partial charge is 0.184 e. The van der Waals surface area contributed by atoms with Crippen LogP contribution >= 0.6 is 44.1 Å². The van der Waals surface area contributed by atoms with Crippen molar-refractivity contribution in [3.63, 3.8) is 0 Å². The average Bonchev–Trinajstić information content (AvgIpc) is 2.46. The second-order valence-corrected chi connectivity index (χ2v) is 6.97. The molecular weight excluding hydrogens is 442 g/mol. The van der Waals surface area contributed by atoms with Gasteiger partial charge >= 0.3 is 0 Å². The van der Waals surface area contributed by atoms with Gasteiger partial charge in [0.05, 0.1) is 15.2 Å². The molecule has 2 rings (SSSR count). The van der Waals surface area contributed by atoms with Crippen molar-refractivity contribution >= 4 is 55.4 Å². The predicted molar refractivity (Wildman–Crippen MR) is 105 cm³/mol. The molecule has 0 spiro atoms. The quantitative estimate of drug-likeness (QED) is 0.400. The van der Waals surface area contributed by atoms with Gasteiger partial charge in [0.15, 0.2) is 5.11 Å². The normalized spacial score (nSPS) is 10.7. The Kier molecular flexibility index (Phi) is 6.56. The second kappa shape index (κ2) is 8.42. The number of nitrogens with one attached hydrogen (secondary N) is 1. The van der Waals surface area contributed by atoms with Gasteiger partial charge in [-0.1, -0.05) is 29.8 Å². The molecule has 0 aliphatic heterocycles. The molecule has 0 fully saturated rings. The largest absolute Gasteiger partial charge is 0.487 e. The summed E-state index contributed by atoms with van der Waals surface area (Å²) in [6, 6.07) is 12.0. The molecule has 2 aromatic carbocycles. The van der Waals surface area contributed by atoms with E-state index in [1.807, 2.05) is 24.3 Å². The lowest BCUT2D eigenvalue weighted by molar-refractivity contribution is 0.302. The number of thiocarbonyl (C=S) groups is 1. The summed E-state index contributed by atoms with van der Waals surface area (Å²) in [5.74, 6) is 0.742. The number of rotatable bonds is 5. The Morgan fingerprint density at radius 2 is 2.00 bits per heavy atom. The van der Waals surface area contributed by atoms with Crippen LogP contribution in [0, 0.1) is 6.92 Å². The van der Waals surface area contributed by atoms with Crippen LogP contribution in [0.1, 0.15) is 16.7 Å². The first-order valence-corrected chi connectivity index (χ1v) is 8.71. The number of nitrogens with two attached hydrogens (primary N) is 1. The Hall–Kier alpha value is -1.44. The number of halogens is 2. The van der Waals surface area contributed by atoms with Crippen LogP contribution in [0.15, 0.2) is 50.4 Å². The SMILES string of the molecule is Cc1cccc(COc2c(Br)cc(/C=N\NC(N)=S)cc2Br)c1. The Bertz CT molecular complexity index is 727. The van der Waals surface area contributed by atoms with Crippen LogP contribution in [-0.4, -0.2) is 11.3 Å². The zero-order valence-corrected chi connectivity index (χ0v) is 16.3. The molecule has 0 atom stereocenters. The molecule has 0 radical (unpaired) electrons. The van der Waals surface area contributed by atoms with Crippen LogP contribution in [0.4, 0.5) is 0 Å². The fourth-order valence-corrected chi connectivity index (χ4v) is 3.42. The van der Waals surface area contributed by atoms with Crippen molar-refractivity contribution in [3.8, 4) is 5.75 Å². The number of benzene rings is 2. The second-order valence-electron chi connectivity index (χ2n) is 4.83. The fourth-order valence-electron chi connectivity index (χ4n) is 1.92. The molecule has 2 aromatic rings. The minimum Gasteiger partial charge on any atom is -0.487 e. The van der Waals surface area contributed by atoms with Crippen LogP contribution in [0.5, 0.6) is 5.75 Å². The average molecular weight is 457 g/mol. The summed E-state index contributed by atoms with van der Waals surface area (Å²) in [6.45, 7) is 2.56. The maximum Gasteiger partial charge on any atom is 0.184 e. The van der Waals surface area contributed by atoms with Crippen molar-refractivity contribution in [2.24, 2.45) is 10.8 Å². The van der Waals surface area contributed by atoms with Crippen molar-refractivity contribution in [2.45, 2.75) is 13.5 Å². The minimum absolute atomic E-state index is 0.123. The summed E-state index contributed by atoms with van der Waals surface area (Å²) >= 11 is 11.7. The summed E-state index contributed by atoms with van der Waals surface area (Å²) in [5, 5.41) is 4.06. The molecule has 120 valence electrons. The van der Waals surface area contributed by atoms with E-state index in [1.54, 1.807) is 6.21 Å². The molecule has 7 heteroatoms. The van der Waals surface area contributed by atoms with Crippen LogP contribution < -0.4 is 15.9 Å². The first-order valence-electron chi connectivity index (χ1n) is 6.71. The van der Waals surface area contributed by atoms with Gasteiger partial charge in [0, 0.05) is 0 Å². The lowest BCUT2D eigenvalue weighted by atomic mass is 10.1. The Balaban J connectivity index is 2.11. The van der Waals surface area contributed by atoms with Gasteiger partial charge in [0.25, 0.3) is 0 Å². The van der Waals surface area contributed by atoms with Crippen molar-refractivity contribution in [1.29, 1.82) is 0 Å². The fraction of sp³-hybridized carbons (Fsp3) is 0.125. The van der Waals surface area contributed by atoms with E-state index < -0.39 is 0 Å². The van der Waals surface area contributed by atoms with Gasteiger partial charge in [0.1, 0.15) is 12.4 Å². The molecule has 0 aliphatic rings. The third-order valence-corrected chi connectivity index (χ3v) is 4.14. The predicted octanol–water partition coefficient (Wildman–Crippen LogP) is 4.27. The molecule has 0 aliphatic carbocycles. The highest BCUT2D eigenvalue weighted by Gasteiger charge is 2.09. The molecule has 0 unspecified atom stereocenters. The highest BCUT2D eigenvalue weighted by atomic mass is 79.9. The molecule has 0 heterocycles. The van der Waals surface area contributed by atoms with E-state index >= 15 is 0 Å². The number of aryl methyl sites for hydroxylation is 1. The number of hydrazone groups is 1. The molecule has 0 saturated carbocycles. The van der Waals surface area contributed by atoms with E-state index in [0.29, 0.717) is 6.61 Å². The molecule has 4 nitrogen and oxygen atoms in total. The summed E-state index contributed by atoms with van der Waals surface area (Å²) < 4.78 is 7.57. The maximum absolute atomic E-state index is 5.91. The van der Waals surface area contributed by atoms with Crippen LogP contribution in [0.2, 0.25) is 0 Å². The number of ether oxygens (including phenoxy) is 1. The molecule has 3 N–H and O–H groups in total. The lowest BCUT2D eigenvalue weighted by Gasteiger charge is -2.11. The summed E-state index contributed by atoms with van der Waals surface area (Å²) in [5.41, 5.74) is 11.0. The van der Waals surface area contributed by atoms with Gasteiger partial charge in [-0.15, -0.1) is 0 Å². The highest BCUT2D eigenvalue weighted by molar-refractivity contribution is 9.11. The lowest BCUT2D eigenvalue weighted by Crippen LogP contribution is -2.23. The third-order valence-electron chi connectivity index (χ3n) is 2.87. The van der Waals surface area contributed by atoms with E-state index in [1.165, 1.54) is 5.56 Å². The number of hydrogen-bond donors (Lipinski definition) is 2. The number of nitrogens with zero attached hydrogens (tertiary/aromatic N) is 1. The Morgan fingerprint density at radius 1 is 1.30 bits per heavy atom. The monoisotopic (exact) mass is 455 g/mol. The van der Waals surface area contributed by atoms with Gasteiger partial charge in [-0.25, -0.2) is 0 Å². The maximum atomic E-state index is 5.91. The molecule has 0 aromatic heterocycles. The van der Waals surface area contributed by atoms with E-state index in [-0.39, 0.29) is 5.11 Å². The van der Waals surface area contributed by atoms with Gasteiger partial charge < -0.3 is 10.5 Å². The summed E-state index contributed by atoms with van der Waals surface area (Å²) in [6.07, 6.45) is 1.62. The summed E-state index contributed by atoms with van der Waals surface area (Å²) in [7, 11) is 0. The van der Waals surface area contributed by atoms with Gasteiger partial charge in [-0.3, -0.25) is 5.43 Å². The molecule has 0 bridgehead atoms. The van der Waals surface area contributed by atoms with Gasteiger partial charge in [-0.05, 0) is 74.3 Å². The molecule has 0 saturated heterocycles. The van der Waals surface area contributed by atoms with Gasteiger partial charge in [0.2, 0.25) is 0 Å². The first kappa shape index (κ1) is 17.9. The Labute approximate surface area is 157 Å². The van der Waals surface area contributed by atoms with E-state index in [9.17, 15) is 0 Å². The van der Waals surface area contributed by atoms with Crippen LogP contribution in [0.3, 0.4) is 0 Å². The van der Waals surface area contributed by atoms with Crippen LogP contribution in [0.25, 0.3) is 0 Å². The third kappa shape index (κ3) is 5.60. The van der Waals surface area contributed by atoms with Crippen LogP contribution in [-0.2, 0) is 6.61 Å². The first-order chi connectivity index (χ1) is 11.0. The minimum atomic E-state index is 0.123. The van der Waals surface area contributed by atoms with Crippen molar-refractivity contribution in [3.05, 3.63) is 62.0 Å². The topological polar surface area (TPSA) is 59.6 Å². The molecule has 0 amide bonds. The standard InChI is InChI=1S/C16H15Br2N3OS/c1-10-3-2-4-11(5-10)9-22-15-13(17)6-12(7-14(15)18)8-20-21-16(19)23/h2-8H,9H2,1H3,(H3,19,21,23)/b20-8-. The Morgan fingerprint density at radius 3 is 2.61 bits per heavy atom. The van der Waals surface area contributed by atoms with Gasteiger partial charge in [-0.2, -0.15) is 5.10 Å². The van der Waals surface area contributed by atoms with E-state index in [0.717, 1.165) is 25.8 Å². The van der Waals surface area contributed by atoms with E-state index in [4.69, 9.17) is 10.5 Å². The molecule has 23 heavy (non-hydrogen) atoms. The van der Waals surface area contributed by atoms with Crippen molar-refractivity contribution in [2.75, 3.05) is 0 Å². The van der Waals surface area contributed by atoms with E-state index in [2.05, 4.69) is 73.7 Å². The zero-order valence-electron chi connectivity index (χ0n) is 12.3. The molecular formula is C16H15Br2N3OS.